The summed E-state index contributed by atoms with van der Waals surface area (Å²) in [5, 5.41) is 23.0. The molecule has 0 aromatic carbocycles. The van der Waals surface area contributed by atoms with E-state index in [0.29, 0.717) is 6.42 Å². The standard InChI is InChI=1S/C46H91NO3/c1-3-5-7-9-11-13-15-17-19-21-22-23-24-26-27-29-31-33-35-37-39-41-45(49)44(43-48)47-46(50)42-40-38-36-34-32-30-28-25-20-18-16-14-12-10-8-6-4-2/h39,41,44-45,48-49H,3-38,40,42-43H2,1-2H3,(H,47,50)/t44-,45+/m0/s1. The van der Waals surface area contributed by atoms with E-state index in [0.717, 1.165) is 25.7 Å². The van der Waals surface area contributed by atoms with E-state index in [1.165, 1.54) is 212 Å². The number of nitrogens with one attached hydrogen (secondary N) is 1. The predicted octanol–water partition coefficient (Wildman–Crippen LogP) is 14.2. The van der Waals surface area contributed by atoms with E-state index >= 15 is 0 Å². The van der Waals surface area contributed by atoms with Crippen LogP contribution in [0.25, 0.3) is 0 Å². The molecule has 4 heteroatoms. The lowest BCUT2D eigenvalue weighted by molar-refractivity contribution is -0.123. The Balaban J connectivity index is 3.51. The van der Waals surface area contributed by atoms with E-state index in [1.807, 2.05) is 6.08 Å². The molecular formula is C46H91NO3. The van der Waals surface area contributed by atoms with Gasteiger partial charge >= 0.3 is 0 Å². The van der Waals surface area contributed by atoms with Crippen molar-refractivity contribution in [2.24, 2.45) is 0 Å². The van der Waals surface area contributed by atoms with Crippen molar-refractivity contribution < 1.29 is 15.0 Å². The number of allylic oxidation sites excluding steroid dienone is 1. The molecule has 0 fully saturated rings. The summed E-state index contributed by atoms with van der Waals surface area (Å²) >= 11 is 0. The number of rotatable bonds is 42. The van der Waals surface area contributed by atoms with Crippen LogP contribution in [-0.4, -0.2) is 34.9 Å². The Morgan fingerprint density at radius 3 is 1.04 bits per heavy atom. The van der Waals surface area contributed by atoms with Crippen LogP contribution in [0.15, 0.2) is 12.2 Å². The van der Waals surface area contributed by atoms with Gasteiger partial charge < -0.3 is 15.5 Å². The zero-order valence-corrected chi connectivity index (χ0v) is 34.2. The van der Waals surface area contributed by atoms with Crippen molar-refractivity contribution in [3.05, 3.63) is 12.2 Å². The highest BCUT2D eigenvalue weighted by molar-refractivity contribution is 5.76. The lowest BCUT2D eigenvalue weighted by Gasteiger charge is -2.20. The predicted molar refractivity (Wildman–Crippen MR) is 221 cm³/mol. The normalized spacial score (nSPS) is 13.0. The summed E-state index contributed by atoms with van der Waals surface area (Å²) in [5.41, 5.74) is 0. The minimum Gasteiger partial charge on any atom is -0.394 e. The Bertz CT molecular complexity index is 680. The first-order valence-corrected chi connectivity index (χ1v) is 22.9. The second-order valence-electron chi connectivity index (χ2n) is 15.8. The molecule has 0 spiro atoms. The van der Waals surface area contributed by atoms with Crippen LogP contribution in [0.1, 0.15) is 258 Å². The number of carbonyl (C=O) groups excluding carboxylic acids is 1. The molecule has 0 unspecified atom stereocenters. The van der Waals surface area contributed by atoms with Crippen LogP contribution in [0.5, 0.6) is 0 Å². The van der Waals surface area contributed by atoms with Crippen molar-refractivity contribution in [1.29, 1.82) is 0 Å². The van der Waals surface area contributed by atoms with Gasteiger partial charge in [-0.15, -0.1) is 0 Å². The van der Waals surface area contributed by atoms with Gasteiger partial charge in [-0.1, -0.05) is 244 Å². The van der Waals surface area contributed by atoms with E-state index in [-0.39, 0.29) is 12.5 Å². The highest BCUT2D eigenvalue weighted by Gasteiger charge is 2.17. The van der Waals surface area contributed by atoms with E-state index < -0.39 is 12.1 Å². The first-order valence-electron chi connectivity index (χ1n) is 22.9. The van der Waals surface area contributed by atoms with Crippen LogP contribution in [-0.2, 0) is 4.79 Å². The summed E-state index contributed by atoms with van der Waals surface area (Å²) in [6, 6.07) is -0.616. The second kappa shape index (κ2) is 42.5. The monoisotopic (exact) mass is 706 g/mol. The molecule has 0 aliphatic heterocycles. The van der Waals surface area contributed by atoms with Crippen molar-refractivity contribution in [1.82, 2.24) is 5.32 Å². The summed E-state index contributed by atoms with van der Waals surface area (Å²) in [6.45, 7) is 4.33. The molecule has 4 nitrogen and oxygen atoms in total. The first kappa shape index (κ1) is 49.1. The van der Waals surface area contributed by atoms with E-state index in [9.17, 15) is 15.0 Å². The minimum absolute atomic E-state index is 0.0590. The molecule has 1 amide bonds. The topological polar surface area (TPSA) is 69.6 Å². The fourth-order valence-corrected chi connectivity index (χ4v) is 7.24. The van der Waals surface area contributed by atoms with Gasteiger partial charge in [-0.05, 0) is 19.3 Å². The largest absolute Gasteiger partial charge is 0.394 e. The highest BCUT2D eigenvalue weighted by atomic mass is 16.3. The Morgan fingerprint density at radius 1 is 0.460 bits per heavy atom. The van der Waals surface area contributed by atoms with E-state index in [4.69, 9.17) is 0 Å². The molecule has 50 heavy (non-hydrogen) atoms. The summed E-state index contributed by atoms with van der Waals surface area (Å²) in [6.07, 6.45) is 53.2. The lowest BCUT2D eigenvalue weighted by atomic mass is 10.0. The lowest BCUT2D eigenvalue weighted by Crippen LogP contribution is -2.45. The fraction of sp³-hybridized carbons (Fsp3) is 0.935. The molecule has 0 aliphatic rings. The Labute approximate surface area is 314 Å². The van der Waals surface area contributed by atoms with Gasteiger partial charge in [-0.25, -0.2) is 0 Å². The van der Waals surface area contributed by atoms with E-state index in [2.05, 4.69) is 19.2 Å². The molecular weight excluding hydrogens is 615 g/mol. The molecule has 298 valence electrons. The third-order valence-electron chi connectivity index (χ3n) is 10.8. The van der Waals surface area contributed by atoms with Gasteiger partial charge in [0.25, 0.3) is 0 Å². The van der Waals surface area contributed by atoms with Gasteiger partial charge in [0.15, 0.2) is 0 Å². The summed E-state index contributed by atoms with van der Waals surface area (Å²) < 4.78 is 0. The summed E-state index contributed by atoms with van der Waals surface area (Å²) in [5.74, 6) is -0.0590. The van der Waals surface area contributed by atoms with Gasteiger partial charge in [0, 0.05) is 6.42 Å². The molecule has 0 saturated carbocycles. The smallest absolute Gasteiger partial charge is 0.220 e. The highest BCUT2D eigenvalue weighted by Crippen LogP contribution is 2.16. The Kier molecular flexibility index (Phi) is 41.8. The van der Waals surface area contributed by atoms with Crippen molar-refractivity contribution in [2.45, 2.75) is 270 Å². The first-order chi connectivity index (χ1) is 24.7. The van der Waals surface area contributed by atoms with Gasteiger partial charge in [-0.3, -0.25) is 4.79 Å². The molecule has 3 N–H and O–H groups in total. The number of carbonyl (C=O) groups is 1. The number of hydrogen-bond donors (Lipinski definition) is 3. The van der Waals surface area contributed by atoms with Crippen molar-refractivity contribution in [3.63, 3.8) is 0 Å². The average molecular weight is 706 g/mol. The van der Waals surface area contributed by atoms with Crippen LogP contribution >= 0.6 is 0 Å². The molecule has 0 aromatic rings. The maximum Gasteiger partial charge on any atom is 0.220 e. The third kappa shape index (κ3) is 38.4. The maximum atomic E-state index is 12.4. The van der Waals surface area contributed by atoms with Gasteiger partial charge in [0.05, 0.1) is 18.8 Å². The van der Waals surface area contributed by atoms with Crippen LogP contribution in [0.3, 0.4) is 0 Å². The van der Waals surface area contributed by atoms with Crippen LogP contribution in [0.2, 0.25) is 0 Å². The molecule has 0 aliphatic carbocycles. The third-order valence-corrected chi connectivity index (χ3v) is 10.8. The number of aliphatic hydroxyl groups excluding tert-OH is 2. The molecule has 0 aromatic heterocycles. The summed E-state index contributed by atoms with van der Waals surface area (Å²) in [4.78, 5) is 12.4. The van der Waals surface area contributed by atoms with E-state index in [1.54, 1.807) is 6.08 Å². The zero-order chi connectivity index (χ0) is 36.4. The van der Waals surface area contributed by atoms with Gasteiger partial charge in [-0.2, -0.15) is 0 Å². The number of aliphatic hydroxyl groups is 2. The Morgan fingerprint density at radius 2 is 0.740 bits per heavy atom. The summed E-state index contributed by atoms with van der Waals surface area (Å²) in [7, 11) is 0. The molecule has 2 atom stereocenters. The number of unbranched alkanes of at least 4 members (excludes halogenated alkanes) is 35. The van der Waals surface area contributed by atoms with Crippen LogP contribution in [0, 0.1) is 0 Å². The van der Waals surface area contributed by atoms with Crippen molar-refractivity contribution in [2.75, 3.05) is 6.61 Å². The second-order valence-corrected chi connectivity index (χ2v) is 15.8. The molecule has 0 bridgehead atoms. The molecule has 0 radical (unpaired) electrons. The van der Waals surface area contributed by atoms with Crippen LogP contribution in [0.4, 0.5) is 0 Å². The van der Waals surface area contributed by atoms with Crippen LogP contribution < -0.4 is 5.32 Å². The minimum atomic E-state index is -0.834. The molecule has 0 saturated heterocycles. The van der Waals surface area contributed by atoms with Gasteiger partial charge in [0.1, 0.15) is 0 Å². The van der Waals surface area contributed by atoms with Crippen molar-refractivity contribution in [3.8, 4) is 0 Å². The van der Waals surface area contributed by atoms with Crippen molar-refractivity contribution >= 4 is 5.91 Å². The Hall–Kier alpha value is -0.870. The average Bonchev–Trinajstić information content (AvgIpc) is 3.12. The zero-order valence-electron chi connectivity index (χ0n) is 34.2. The van der Waals surface area contributed by atoms with Gasteiger partial charge in [0.2, 0.25) is 5.91 Å². The molecule has 0 heterocycles. The number of amides is 1. The fourth-order valence-electron chi connectivity index (χ4n) is 7.24. The SMILES string of the molecule is CCCCCCCCCCCCCCCCCCCCCC=C[C@@H](O)[C@H](CO)NC(=O)CCCCCCCCCCCCCCCCCCC. The quantitative estimate of drug-likeness (QED) is 0.0437. The number of hydrogen-bond acceptors (Lipinski definition) is 3. The molecule has 0 rings (SSSR count). The maximum absolute atomic E-state index is 12.4.